The van der Waals surface area contributed by atoms with E-state index in [-0.39, 0.29) is 17.3 Å². The Balaban J connectivity index is 2.35. The Bertz CT molecular complexity index is 614. The average Bonchev–Trinajstić information content (AvgIpc) is 2.86. The van der Waals surface area contributed by atoms with Gasteiger partial charge in [-0.25, -0.2) is 0 Å². The van der Waals surface area contributed by atoms with Crippen LogP contribution in [-0.4, -0.2) is 64.0 Å². The van der Waals surface area contributed by atoms with Crippen LogP contribution in [0.4, 0.5) is 0 Å². The maximum atomic E-state index is 12.1. The molecule has 0 aromatic carbocycles. The normalized spacial score (nSPS) is 19.9. The van der Waals surface area contributed by atoms with Crippen LogP contribution < -0.4 is 5.32 Å². The summed E-state index contributed by atoms with van der Waals surface area (Å²) in [7, 11) is 1.63. The van der Waals surface area contributed by atoms with Gasteiger partial charge in [-0.2, -0.15) is 0 Å². The summed E-state index contributed by atoms with van der Waals surface area (Å²) >= 11 is 1.62. The van der Waals surface area contributed by atoms with Crippen molar-refractivity contribution in [2.45, 2.75) is 25.5 Å². The van der Waals surface area contributed by atoms with Crippen molar-refractivity contribution in [1.29, 1.82) is 0 Å². The van der Waals surface area contributed by atoms with Gasteiger partial charge in [-0.15, -0.1) is 11.8 Å². The van der Waals surface area contributed by atoms with Gasteiger partial charge in [-0.1, -0.05) is 30.9 Å². The van der Waals surface area contributed by atoms with Gasteiger partial charge in [0.1, 0.15) is 5.76 Å². The number of hydrogen-bond acceptors (Lipinski definition) is 6. The zero-order valence-corrected chi connectivity index (χ0v) is 18.3. The topological polar surface area (TPSA) is 66.0 Å². The van der Waals surface area contributed by atoms with Crippen LogP contribution in [0.25, 0.3) is 0 Å². The molecule has 0 radical (unpaired) electrons. The smallest absolute Gasteiger partial charge is 0.258 e. The predicted octanol–water partition coefficient (Wildman–Crippen LogP) is 3.22. The number of carbonyl (C=O) groups is 1. The minimum atomic E-state index is -0.383. The van der Waals surface area contributed by atoms with Crippen molar-refractivity contribution in [3.05, 3.63) is 47.1 Å². The Morgan fingerprint density at radius 1 is 1.21 bits per heavy atom. The molecule has 0 aromatic heterocycles. The molecule has 1 aliphatic heterocycles. The molecule has 0 fully saturated rings. The van der Waals surface area contributed by atoms with Crippen LogP contribution in [0.15, 0.2) is 47.1 Å². The largest absolute Gasteiger partial charge is 0.486 e. The number of hydrogen-bond donors (Lipinski definition) is 1. The van der Waals surface area contributed by atoms with Crippen molar-refractivity contribution < 1.29 is 23.7 Å². The lowest BCUT2D eigenvalue weighted by Gasteiger charge is -2.24. The first-order valence-corrected chi connectivity index (χ1v) is 10.1. The van der Waals surface area contributed by atoms with E-state index in [1.165, 1.54) is 0 Å². The molecular weight excluding hydrogens is 378 g/mol. The summed E-state index contributed by atoms with van der Waals surface area (Å²) in [4.78, 5) is 13.0. The summed E-state index contributed by atoms with van der Waals surface area (Å²) in [6, 6.07) is 0. The number of amides is 1. The molecule has 1 N–H and O–H groups in total. The fourth-order valence-electron chi connectivity index (χ4n) is 2.63. The number of thioether (sulfide) groups is 1. The van der Waals surface area contributed by atoms with Gasteiger partial charge in [0.2, 0.25) is 0 Å². The van der Waals surface area contributed by atoms with E-state index < -0.39 is 0 Å². The molecule has 0 aliphatic carbocycles. The molecule has 0 spiro atoms. The van der Waals surface area contributed by atoms with Crippen molar-refractivity contribution in [3.63, 3.8) is 0 Å². The van der Waals surface area contributed by atoms with Gasteiger partial charge in [0.05, 0.1) is 37.8 Å². The lowest BCUT2D eigenvalue weighted by Crippen LogP contribution is -2.32. The minimum Gasteiger partial charge on any atom is -0.486 e. The molecule has 0 saturated heterocycles. The molecule has 0 saturated carbocycles. The highest BCUT2D eigenvalue weighted by Gasteiger charge is 2.38. The SMILES string of the molecule is C=C/C(C)=C/C1(C)SC(=C)C(C)=C1OCC(=O)NCCOCCOCCOC. The molecule has 1 unspecified atom stereocenters. The number of rotatable bonds is 14. The Kier molecular flexibility index (Phi) is 11.2. The minimum absolute atomic E-state index is 0.0444. The van der Waals surface area contributed by atoms with Crippen molar-refractivity contribution in [3.8, 4) is 0 Å². The second-order valence-corrected chi connectivity index (χ2v) is 8.08. The van der Waals surface area contributed by atoms with Crippen molar-refractivity contribution in [1.82, 2.24) is 5.32 Å². The van der Waals surface area contributed by atoms with E-state index in [4.69, 9.17) is 18.9 Å². The maximum Gasteiger partial charge on any atom is 0.258 e. The van der Waals surface area contributed by atoms with Crippen LogP contribution in [0.1, 0.15) is 20.8 Å². The Morgan fingerprint density at radius 3 is 2.50 bits per heavy atom. The third-order valence-electron chi connectivity index (χ3n) is 4.09. The summed E-state index contributed by atoms with van der Waals surface area (Å²) in [5.74, 6) is 0.581. The maximum absolute atomic E-state index is 12.1. The van der Waals surface area contributed by atoms with E-state index in [1.54, 1.807) is 24.9 Å². The summed E-state index contributed by atoms with van der Waals surface area (Å²) in [6.45, 7) is 16.8. The van der Waals surface area contributed by atoms with Gasteiger partial charge >= 0.3 is 0 Å². The number of methoxy groups -OCH3 is 1. The molecule has 28 heavy (non-hydrogen) atoms. The molecule has 7 heteroatoms. The molecule has 1 rings (SSSR count). The van der Waals surface area contributed by atoms with Crippen LogP contribution in [-0.2, 0) is 23.7 Å². The second-order valence-electron chi connectivity index (χ2n) is 6.54. The second kappa shape index (κ2) is 12.8. The zero-order chi connectivity index (χ0) is 21.0. The molecular formula is C21H33NO5S. The number of allylic oxidation sites excluding steroid dienone is 3. The predicted molar refractivity (Wildman–Crippen MR) is 114 cm³/mol. The zero-order valence-electron chi connectivity index (χ0n) is 17.5. The van der Waals surface area contributed by atoms with Gasteiger partial charge in [-0.3, -0.25) is 4.79 Å². The van der Waals surface area contributed by atoms with E-state index in [9.17, 15) is 4.79 Å². The number of nitrogens with one attached hydrogen (secondary N) is 1. The van der Waals surface area contributed by atoms with E-state index in [0.717, 1.165) is 21.8 Å². The number of ether oxygens (including phenoxy) is 4. The average molecular weight is 412 g/mol. The lowest BCUT2D eigenvalue weighted by molar-refractivity contribution is -0.124. The molecule has 6 nitrogen and oxygen atoms in total. The van der Waals surface area contributed by atoms with E-state index in [0.29, 0.717) is 39.6 Å². The van der Waals surface area contributed by atoms with Gasteiger partial charge in [0, 0.05) is 24.1 Å². The fraction of sp³-hybridized carbons (Fsp3) is 0.571. The summed E-state index contributed by atoms with van der Waals surface area (Å²) in [6.07, 6.45) is 3.89. The Hall–Kier alpha value is -1.54. The summed E-state index contributed by atoms with van der Waals surface area (Å²) < 4.78 is 21.1. The first-order chi connectivity index (χ1) is 13.3. The van der Waals surface area contributed by atoms with E-state index >= 15 is 0 Å². The third-order valence-corrected chi connectivity index (χ3v) is 5.37. The molecule has 0 aromatic rings. The van der Waals surface area contributed by atoms with Crippen LogP contribution in [0.2, 0.25) is 0 Å². The molecule has 1 atom stereocenters. The highest BCUT2D eigenvalue weighted by atomic mass is 32.2. The number of carbonyl (C=O) groups excluding carboxylic acids is 1. The van der Waals surface area contributed by atoms with Crippen LogP contribution in [0.3, 0.4) is 0 Å². The van der Waals surface area contributed by atoms with Crippen molar-refractivity contribution in [2.75, 3.05) is 53.3 Å². The van der Waals surface area contributed by atoms with Gasteiger partial charge in [0.25, 0.3) is 5.91 Å². The quantitative estimate of drug-likeness (QED) is 0.350. The van der Waals surface area contributed by atoms with Gasteiger partial charge in [0.15, 0.2) is 6.61 Å². The molecule has 1 heterocycles. The first-order valence-electron chi connectivity index (χ1n) is 9.29. The molecule has 0 bridgehead atoms. The monoisotopic (exact) mass is 411 g/mol. The first kappa shape index (κ1) is 24.5. The van der Waals surface area contributed by atoms with Crippen LogP contribution in [0.5, 0.6) is 0 Å². The Morgan fingerprint density at radius 2 is 1.86 bits per heavy atom. The molecule has 158 valence electrons. The summed E-state index contributed by atoms with van der Waals surface area (Å²) in [5, 5.41) is 2.79. The standard InChI is InChI=1S/C21H33NO5S/c1-7-16(2)14-21(5)20(17(3)18(4)28-21)27-15-19(23)22-8-9-25-12-13-26-11-10-24-6/h7,14H,1,4,8-13,15H2,2-3,5-6H3,(H,22,23)/b16-14+. The fourth-order valence-corrected chi connectivity index (χ4v) is 3.94. The summed E-state index contributed by atoms with van der Waals surface area (Å²) in [5.41, 5.74) is 2.02. The van der Waals surface area contributed by atoms with Crippen LogP contribution in [0, 0.1) is 0 Å². The van der Waals surface area contributed by atoms with E-state index in [2.05, 4.69) is 31.5 Å². The molecule has 1 aliphatic rings. The molecule has 1 amide bonds. The van der Waals surface area contributed by atoms with Crippen LogP contribution >= 0.6 is 11.8 Å². The third kappa shape index (κ3) is 8.22. The lowest BCUT2D eigenvalue weighted by atomic mass is 10.0. The van der Waals surface area contributed by atoms with Crippen molar-refractivity contribution >= 4 is 17.7 Å². The van der Waals surface area contributed by atoms with Gasteiger partial charge in [-0.05, 0) is 20.8 Å². The highest BCUT2D eigenvalue weighted by molar-refractivity contribution is 8.05. The van der Waals surface area contributed by atoms with Gasteiger partial charge < -0.3 is 24.3 Å². The van der Waals surface area contributed by atoms with E-state index in [1.807, 2.05) is 13.8 Å². The highest BCUT2D eigenvalue weighted by Crippen LogP contribution is 2.50. The Labute approximate surface area is 173 Å². The van der Waals surface area contributed by atoms with Crippen molar-refractivity contribution in [2.24, 2.45) is 0 Å².